The van der Waals surface area contributed by atoms with Crippen molar-refractivity contribution in [1.82, 2.24) is 14.9 Å². The fraction of sp³-hybridized carbons (Fsp3) is 0.320. The Bertz CT molecular complexity index is 1320. The molecule has 35 heavy (non-hydrogen) atoms. The van der Waals surface area contributed by atoms with Crippen LogP contribution in [-0.2, 0) is 4.79 Å². The predicted octanol–water partition coefficient (Wildman–Crippen LogP) is 5.77. The third kappa shape index (κ3) is 4.36. The number of hydrogen-bond donors (Lipinski definition) is 1. The maximum absolute atomic E-state index is 14.7. The lowest BCUT2D eigenvalue weighted by Gasteiger charge is -2.48. The highest BCUT2D eigenvalue weighted by molar-refractivity contribution is 6.42. The molecule has 2 aromatic carbocycles. The summed E-state index contributed by atoms with van der Waals surface area (Å²) in [6, 6.07) is 6.68. The van der Waals surface area contributed by atoms with Gasteiger partial charge in [-0.2, -0.15) is 0 Å². The van der Waals surface area contributed by atoms with Crippen LogP contribution in [0.1, 0.15) is 19.3 Å². The molecule has 3 unspecified atom stereocenters. The zero-order valence-electron chi connectivity index (χ0n) is 18.9. The summed E-state index contributed by atoms with van der Waals surface area (Å²) >= 11 is 11.9. The molecule has 3 atom stereocenters. The number of rotatable bonds is 6. The van der Waals surface area contributed by atoms with E-state index in [1.54, 1.807) is 19.2 Å². The summed E-state index contributed by atoms with van der Waals surface area (Å²) < 4.78 is 26.7. The van der Waals surface area contributed by atoms with E-state index in [1.807, 2.05) is 4.90 Å². The maximum Gasteiger partial charge on any atom is 0.246 e. The number of hydrogen-bond acceptors (Lipinski definition) is 6. The van der Waals surface area contributed by atoms with E-state index in [1.165, 1.54) is 24.5 Å². The zero-order chi connectivity index (χ0) is 24.7. The summed E-state index contributed by atoms with van der Waals surface area (Å²) in [7, 11) is 1.57. The Morgan fingerprint density at radius 1 is 1.26 bits per heavy atom. The number of carbonyl (C=O) groups is 1. The second-order valence-corrected chi connectivity index (χ2v) is 9.45. The quantitative estimate of drug-likeness (QED) is 0.331. The third-order valence-electron chi connectivity index (χ3n) is 6.72. The van der Waals surface area contributed by atoms with E-state index in [9.17, 15) is 9.18 Å². The number of anilines is 2. The van der Waals surface area contributed by atoms with Crippen LogP contribution in [0.3, 0.4) is 0 Å². The smallest absolute Gasteiger partial charge is 0.246 e. The second kappa shape index (κ2) is 9.51. The molecule has 182 valence electrons. The molecular weight excluding hydrogens is 494 g/mol. The van der Waals surface area contributed by atoms with Gasteiger partial charge in [-0.3, -0.25) is 4.79 Å². The van der Waals surface area contributed by atoms with Crippen molar-refractivity contribution in [1.29, 1.82) is 0 Å². The summed E-state index contributed by atoms with van der Waals surface area (Å²) in [5.74, 6) is 0.943. The van der Waals surface area contributed by atoms with Crippen molar-refractivity contribution in [2.45, 2.75) is 31.4 Å². The van der Waals surface area contributed by atoms with E-state index in [0.29, 0.717) is 34.8 Å². The van der Waals surface area contributed by atoms with Gasteiger partial charge in [0.2, 0.25) is 5.91 Å². The van der Waals surface area contributed by atoms with E-state index in [4.69, 9.17) is 32.7 Å². The molecule has 0 spiro atoms. The minimum atomic E-state index is -0.673. The van der Waals surface area contributed by atoms with E-state index >= 15 is 0 Å². The molecule has 2 bridgehead atoms. The van der Waals surface area contributed by atoms with Crippen molar-refractivity contribution in [3.63, 3.8) is 0 Å². The van der Waals surface area contributed by atoms with Gasteiger partial charge >= 0.3 is 0 Å². The average molecular weight is 517 g/mol. The zero-order valence-corrected chi connectivity index (χ0v) is 20.4. The van der Waals surface area contributed by atoms with Crippen LogP contribution in [-0.4, -0.2) is 46.6 Å². The van der Waals surface area contributed by atoms with Crippen molar-refractivity contribution in [2.24, 2.45) is 5.92 Å². The van der Waals surface area contributed by atoms with Gasteiger partial charge in [-0.15, -0.1) is 0 Å². The number of ether oxygens (including phenoxy) is 2. The van der Waals surface area contributed by atoms with Crippen molar-refractivity contribution >= 4 is 51.5 Å². The molecule has 1 N–H and O–H groups in total. The number of carbonyl (C=O) groups excluding carboxylic acids is 1. The lowest BCUT2D eigenvalue weighted by atomic mass is 9.77. The Kier molecular flexibility index (Phi) is 6.42. The van der Waals surface area contributed by atoms with Crippen LogP contribution in [0.25, 0.3) is 10.9 Å². The predicted molar refractivity (Wildman–Crippen MR) is 133 cm³/mol. The Balaban J connectivity index is 1.46. The normalized spacial score (nSPS) is 21.1. The standard InChI is InChI=1S/C25H23Cl2FN4O3/c1-3-22(33)32-11-13-4-5-14(32)8-19(13)35-21-9-15-18(10-20(21)34-2)29-12-30-25(15)31-17-7-6-16(26)23(27)24(17)28/h3,6-7,9-10,12-14,19H,1,4-5,8,11H2,2H3,(H,29,30,31). The number of piperidine rings is 2. The lowest BCUT2D eigenvalue weighted by Crippen LogP contribution is -2.57. The number of amides is 1. The van der Waals surface area contributed by atoms with Crippen molar-refractivity contribution in [2.75, 3.05) is 19.0 Å². The Morgan fingerprint density at radius 3 is 2.80 bits per heavy atom. The van der Waals surface area contributed by atoms with Crippen LogP contribution < -0.4 is 14.8 Å². The molecule has 3 aliphatic rings. The van der Waals surface area contributed by atoms with Crippen molar-refractivity contribution in [3.05, 3.63) is 59.1 Å². The van der Waals surface area contributed by atoms with Crippen LogP contribution in [0.4, 0.5) is 15.9 Å². The first-order valence-electron chi connectivity index (χ1n) is 11.2. The van der Waals surface area contributed by atoms with Crippen LogP contribution in [0.15, 0.2) is 43.2 Å². The third-order valence-corrected chi connectivity index (χ3v) is 7.50. The molecule has 6 rings (SSSR count). The molecule has 1 aromatic heterocycles. The lowest BCUT2D eigenvalue weighted by molar-refractivity contribution is -0.137. The van der Waals surface area contributed by atoms with E-state index in [-0.39, 0.29) is 39.7 Å². The fourth-order valence-corrected chi connectivity index (χ4v) is 5.24. The van der Waals surface area contributed by atoms with Gasteiger partial charge < -0.3 is 19.7 Å². The number of benzene rings is 2. The topological polar surface area (TPSA) is 76.6 Å². The monoisotopic (exact) mass is 516 g/mol. The maximum atomic E-state index is 14.7. The van der Waals surface area contributed by atoms with E-state index in [2.05, 4.69) is 21.9 Å². The SMILES string of the molecule is C=CC(=O)N1CC2CCC1CC2Oc1cc2c(Nc3ccc(Cl)c(Cl)c3F)ncnc2cc1OC. The van der Waals surface area contributed by atoms with E-state index in [0.717, 1.165) is 19.3 Å². The fourth-order valence-electron chi connectivity index (χ4n) is 4.92. The molecule has 0 radical (unpaired) electrons. The number of aromatic nitrogens is 2. The summed E-state index contributed by atoms with van der Waals surface area (Å²) in [4.78, 5) is 22.7. The number of halogens is 3. The Labute approximate surface area is 211 Å². The van der Waals surface area contributed by atoms with Crippen LogP contribution in [0.5, 0.6) is 11.5 Å². The molecular formula is C25H23Cl2FN4O3. The average Bonchev–Trinajstić information content (AvgIpc) is 2.88. The van der Waals surface area contributed by atoms with Gasteiger partial charge in [0.05, 0.1) is 28.4 Å². The number of nitrogens with zero attached hydrogens (tertiary/aromatic N) is 3. The second-order valence-electron chi connectivity index (χ2n) is 8.67. The Hall–Kier alpha value is -3.10. The minimum Gasteiger partial charge on any atom is -0.493 e. The van der Waals surface area contributed by atoms with Gasteiger partial charge in [0, 0.05) is 36.4 Å². The molecule has 3 fully saturated rings. The first-order valence-corrected chi connectivity index (χ1v) is 12.0. The molecule has 2 saturated heterocycles. The van der Waals surface area contributed by atoms with Gasteiger partial charge in [0.1, 0.15) is 18.2 Å². The van der Waals surface area contributed by atoms with E-state index < -0.39 is 5.82 Å². The van der Waals surface area contributed by atoms with Crippen LogP contribution in [0.2, 0.25) is 10.0 Å². The first-order chi connectivity index (χ1) is 16.9. The summed E-state index contributed by atoms with van der Waals surface area (Å²) in [6.07, 6.45) is 5.35. The molecule has 10 heteroatoms. The largest absolute Gasteiger partial charge is 0.493 e. The molecule has 1 aliphatic carbocycles. The van der Waals surface area contributed by atoms with Gasteiger partial charge in [0.15, 0.2) is 17.3 Å². The Morgan fingerprint density at radius 2 is 2.09 bits per heavy atom. The number of fused-ring (bicyclic) bond motifs is 4. The van der Waals surface area contributed by atoms with Crippen LogP contribution >= 0.6 is 23.2 Å². The summed E-state index contributed by atoms with van der Waals surface area (Å²) in [5.41, 5.74) is 0.731. The molecule has 3 heterocycles. The summed E-state index contributed by atoms with van der Waals surface area (Å²) in [5, 5.41) is 3.56. The molecule has 1 saturated carbocycles. The van der Waals surface area contributed by atoms with Gasteiger partial charge in [-0.05, 0) is 37.1 Å². The van der Waals surface area contributed by atoms with Gasteiger partial charge in [-0.25, -0.2) is 14.4 Å². The highest BCUT2D eigenvalue weighted by Gasteiger charge is 2.43. The first kappa shape index (κ1) is 23.6. The number of methoxy groups -OCH3 is 1. The number of nitrogens with one attached hydrogen (secondary N) is 1. The summed E-state index contributed by atoms with van der Waals surface area (Å²) in [6.45, 7) is 4.26. The highest BCUT2D eigenvalue weighted by atomic mass is 35.5. The van der Waals surface area contributed by atoms with Crippen molar-refractivity contribution < 1.29 is 18.7 Å². The van der Waals surface area contributed by atoms with Crippen LogP contribution in [0, 0.1) is 11.7 Å². The van der Waals surface area contributed by atoms with Gasteiger partial charge in [0.25, 0.3) is 0 Å². The van der Waals surface area contributed by atoms with Gasteiger partial charge in [-0.1, -0.05) is 29.8 Å². The molecule has 7 nitrogen and oxygen atoms in total. The van der Waals surface area contributed by atoms with Crippen molar-refractivity contribution in [3.8, 4) is 11.5 Å². The molecule has 3 aromatic rings. The highest BCUT2D eigenvalue weighted by Crippen LogP contribution is 2.41. The molecule has 2 aliphatic heterocycles. The molecule has 1 amide bonds. The minimum absolute atomic E-state index is 0.0381.